The summed E-state index contributed by atoms with van der Waals surface area (Å²) >= 11 is 0. The molecule has 0 unspecified atom stereocenters. The maximum Gasteiger partial charge on any atom is 0.134 e. The van der Waals surface area contributed by atoms with Crippen LogP contribution in [0.2, 0.25) is 0 Å². The van der Waals surface area contributed by atoms with Crippen molar-refractivity contribution < 1.29 is 0 Å². The molecule has 0 spiro atoms. The molecule has 2 aromatic rings. The van der Waals surface area contributed by atoms with Gasteiger partial charge in [-0.3, -0.25) is 4.98 Å². The minimum Gasteiger partial charge on any atom is -0.373 e. The predicted molar refractivity (Wildman–Crippen MR) is 81.9 cm³/mol. The van der Waals surface area contributed by atoms with Gasteiger partial charge in [0.2, 0.25) is 0 Å². The summed E-state index contributed by atoms with van der Waals surface area (Å²) in [5.74, 6) is 2.67. The first kappa shape index (κ1) is 14.2. The van der Waals surface area contributed by atoms with E-state index in [1.165, 1.54) is 0 Å². The molecule has 0 aliphatic carbocycles. The Hall–Kier alpha value is -2.17. The van der Waals surface area contributed by atoms with Crippen molar-refractivity contribution in [3.05, 3.63) is 42.0 Å². The fourth-order valence-electron chi connectivity index (χ4n) is 1.99. The lowest BCUT2D eigenvalue weighted by Gasteiger charge is -2.19. The van der Waals surface area contributed by atoms with Crippen molar-refractivity contribution in [2.75, 3.05) is 24.3 Å². The zero-order chi connectivity index (χ0) is 14.4. The van der Waals surface area contributed by atoms with Crippen LogP contribution >= 0.6 is 0 Å². The molecule has 0 atom stereocenters. The SMILES string of the molecule is CCCc1nc(NC)cc(N(C)Cc2cccnc2)n1. The summed E-state index contributed by atoms with van der Waals surface area (Å²) in [5.41, 5.74) is 1.16. The molecule has 0 radical (unpaired) electrons. The molecule has 0 saturated carbocycles. The Morgan fingerprint density at radius 3 is 2.80 bits per heavy atom. The van der Waals surface area contributed by atoms with Gasteiger partial charge in [-0.2, -0.15) is 0 Å². The molecule has 0 fully saturated rings. The Labute approximate surface area is 120 Å². The normalized spacial score (nSPS) is 10.3. The van der Waals surface area contributed by atoms with Gasteiger partial charge in [-0.25, -0.2) is 9.97 Å². The minimum atomic E-state index is 0.777. The van der Waals surface area contributed by atoms with E-state index in [4.69, 9.17) is 0 Å². The van der Waals surface area contributed by atoms with E-state index in [9.17, 15) is 0 Å². The first-order chi connectivity index (χ1) is 9.72. The van der Waals surface area contributed by atoms with Gasteiger partial charge < -0.3 is 10.2 Å². The molecule has 1 N–H and O–H groups in total. The molecule has 5 nitrogen and oxygen atoms in total. The van der Waals surface area contributed by atoms with Gasteiger partial charge >= 0.3 is 0 Å². The lowest BCUT2D eigenvalue weighted by Crippen LogP contribution is -2.19. The fourth-order valence-corrected chi connectivity index (χ4v) is 1.99. The number of nitrogens with zero attached hydrogens (tertiary/aromatic N) is 4. The van der Waals surface area contributed by atoms with Gasteiger partial charge in [-0.05, 0) is 18.1 Å². The first-order valence-corrected chi connectivity index (χ1v) is 6.88. The standard InChI is InChI=1S/C15H21N5/c1-4-6-13-18-14(16-2)9-15(19-13)20(3)11-12-7-5-8-17-10-12/h5,7-10H,4,6,11H2,1-3H3,(H,16,18,19). The third-order valence-corrected chi connectivity index (χ3v) is 3.02. The summed E-state index contributed by atoms with van der Waals surface area (Å²) in [6.07, 6.45) is 5.60. The molecule has 0 aliphatic rings. The van der Waals surface area contributed by atoms with Crippen LogP contribution in [0.1, 0.15) is 24.7 Å². The summed E-state index contributed by atoms with van der Waals surface area (Å²) in [4.78, 5) is 15.3. The van der Waals surface area contributed by atoms with Crippen molar-refractivity contribution in [2.45, 2.75) is 26.3 Å². The molecule has 20 heavy (non-hydrogen) atoms. The Morgan fingerprint density at radius 1 is 1.30 bits per heavy atom. The van der Waals surface area contributed by atoms with E-state index in [0.29, 0.717) is 0 Å². The molecule has 5 heteroatoms. The summed E-state index contributed by atoms with van der Waals surface area (Å²) in [7, 11) is 3.91. The van der Waals surface area contributed by atoms with E-state index < -0.39 is 0 Å². The highest BCUT2D eigenvalue weighted by Gasteiger charge is 2.08. The zero-order valence-electron chi connectivity index (χ0n) is 12.3. The lowest BCUT2D eigenvalue weighted by atomic mass is 10.2. The highest BCUT2D eigenvalue weighted by Crippen LogP contribution is 2.17. The summed E-state index contributed by atoms with van der Waals surface area (Å²) in [6, 6.07) is 5.98. The van der Waals surface area contributed by atoms with Crippen molar-refractivity contribution >= 4 is 11.6 Å². The molecular weight excluding hydrogens is 250 g/mol. The highest BCUT2D eigenvalue weighted by molar-refractivity contribution is 5.49. The maximum atomic E-state index is 4.62. The van der Waals surface area contributed by atoms with Crippen LogP contribution in [0.15, 0.2) is 30.6 Å². The minimum absolute atomic E-state index is 0.777. The van der Waals surface area contributed by atoms with Crippen LogP contribution in [0.3, 0.4) is 0 Å². The predicted octanol–water partition coefficient (Wildman–Crippen LogP) is 2.50. The van der Waals surface area contributed by atoms with E-state index in [0.717, 1.165) is 42.4 Å². The molecule has 0 amide bonds. The summed E-state index contributed by atoms with van der Waals surface area (Å²) in [6.45, 7) is 2.91. The van der Waals surface area contributed by atoms with Crippen LogP contribution in [0.4, 0.5) is 11.6 Å². The van der Waals surface area contributed by atoms with Gasteiger partial charge in [-0.15, -0.1) is 0 Å². The van der Waals surface area contributed by atoms with Gasteiger partial charge in [0.1, 0.15) is 17.5 Å². The highest BCUT2D eigenvalue weighted by atomic mass is 15.2. The molecular formula is C15H21N5. The number of hydrogen-bond donors (Lipinski definition) is 1. The van der Waals surface area contributed by atoms with Gasteiger partial charge in [0.05, 0.1) is 0 Å². The summed E-state index contributed by atoms with van der Waals surface area (Å²) in [5, 5.41) is 3.09. The van der Waals surface area contributed by atoms with Crippen molar-refractivity contribution in [1.82, 2.24) is 15.0 Å². The number of hydrogen-bond acceptors (Lipinski definition) is 5. The smallest absolute Gasteiger partial charge is 0.134 e. The second kappa shape index (κ2) is 6.84. The van der Waals surface area contributed by atoms with Gasteiger partial charge in [-0.1, -0.05) is 13.0 Å². The Kier molecular flexibility index (Phi) is 4.87. The Bertz CT molecular complexity index is 541. The maximum absolute atomic E-state index is 4.62. The van der Waals surface area contributed by atoms with Crippen LogP contribution in [0.25, 0.3) is 0 Å². The van der Waals surface area contributed by atoms with Crippen molar-refractivity contribution in [3.63, 3.8) is 0 Å². The topological polar surface area (TPSA) is 53.9 Å². The molecule has 0 saturated heterocycles. The Balaban J connectivity index is 2.19. The van der Waals surface area contributed by atoms with E-state index in [1.807, 2.05) is 32.4 Å². The zero-order valence-corrected chi connectivity index (χ0v) is 12.3. The van der Waals surface area contributed by atoms with Crippen LogP contribution in [0.5, 0.6) is 0 Å². The number of rotatable bonds is 6. The first-order valence-electron chi connectivity index (χ1n) is 6.88. The van der Waals surface area contributed by atoms with Crippen molar-refractivity contribution in [1.29, 1.82) is 0 Å². The molecule has 0 aromatic carbocycles. The third kappa shape index (κ3) is 3.66. The number of pyridine rings is 1. The quantitative estimate of drug-likeness (QED) is 0.875. The largest absolute Gasteiger partial charge is 0.373 e. The number of aryl methyl sites for hydroxylation is 1. The number of nitrogens with one attached hydrogen (secondary N) is 1. The van der Waals surface area contributed by atoms with Gasteiger partial charge in [0, 0.05) is 45.5 Å². The monoisotopic (exact) mass is 271 g/mol. The fraction of sp³-hybridized carbons (Fsp3) is 0.400. The van der Waals surface area contributed by atoms with Crippen LogP contribution in [-0.2, 0) is 13.0 Å². The average molecular weight is 271 g/mol. The van der Waals surface area contributed by atoms with E-state index in [-0.39, 0.29) is 0 Å². The average Bonchev–Trinajstić information content (AvgIpc) is 2.48. The Morgan fingerprint density at radius 2 is 2.15 bits per heavy atom. The molecule has 2 rings (SSSR count). The third-order valence-electron chi connectivity index (χ3n) is 3.02. The van der Waals surface area contributed by atoms with Crippen molar-refractivity contribution in [2.24, 2.45) is 0 Å². The molecule has 2 heterocycles. The van der Waals surface area contributed by atoms with Gasteiger partial charge in [0.15, 0.2) is 0 Å². The van der Waals surface area contributed by atoms with Gasteiger partial charge in [0.25, 0.3) is 0 Å². The molecule has 0 bridgehead atoms. The van der Waals surface area contributed by atoms with E-state index in [1.54, 1.807) is 6.20 Å². The molecule has 0 aliphatic heterocycles. The van der Waals surface area contributed by atoms with Crippen LogP contribution < -0.4 is 10.2 Å². The molecule has 106 valence electrons. The second-order valence-corrected chi connectivity index (χ2v) is 4.74. The van der Waals surface area contributed by atoms with E-state index in [2.05, 4.69) is 38.2 Å². The second-order valence-electron chi connectivity index (χ2n) is 4.74. The lowest BCUT2D eigenvalue weighted by molar-refractivity contribution is 0.812. The number of anilines is 2. The van der Waals surface area contributed by atoms with Crippen LogP contribution in [-0.4, -0.2) is 29.0 Å². The summed E-state index contributed by atoms with van der Waals surface area (Å²) < 4.78 is 0. The molecule has 2 aromatic heterocycles. The number of aromatic nitrogens is 3. The van der Waals surface area contributed by atoms with Crippen LogP contribution in [0, 0.1) is 0 Å². The van der Waals surface area contributed by atoms with E-state index >= 15 is 0 Å². The van der Waals surface area contributed by atoms with Crippen molar-refractivity contribution in [3.8, 4) is 0 Å².